The number of halogens is 2. The number of nitrogens with zero attached hydrogens (tertiary/aromatic N) is 5. The molecule has 0 spiro atoms. The number of hydrogen-bond donors (Lipinski definition) is 1. The van der Waals surface area contributed by atoms with Gasteiger partial charge < -0.3 is 15.0 Å². The molecular formula is C22H28FIN6O. The zero-order valence-electron chi connectivity index (χ0n) is 17.7. The van der Waals surface area contributed by atoms with Gasteiger partial charge in [0.15, 0.2) is 11.6 Å². The fourth-order valence-electron chi connectivity index (χ4n) is 3.83. The standard InChI is InChI=1S/C22H27FN6O.HI/c1-16-14-28(15-19(30-16)17-8-10-18(23)11-9-17)22(24-2)25-12-5-7-21-27-26-20-6-3-4-13-29(20)21;/h3-4,6,8-11,13,16,19H,5,7,12,14-15H2,1-2H3,(H,24,25);1H. The summed E-state index contributed by atoms with van der Waals surface area (Å²) in [5.74, 6) is 1.57. The number of morpholine rings is 1. The van der Waals surface area contributed by atoms with Gasteiger partial charge in [0.2, 0.25) is 0 Å². The molecule has 1 aliphatic heterocycles. The Bertz CT molecular complexity index is 1010. The molecule has 7 nitrogen and oxygen atoms in total. The molecule has 0 saturated carbocycles. The molecule has 3 heterocycles. The Morgan fingerprint density at radius 3 is 2.77 bits per heavy atom. The number of aryl methyl sites for hydroxylation is 1. The monoisotopic (exact) mass is 538 g/mol. The molecule has 0 radical (unpaired) electrons. The predicted octanol–water partition coefficient (Wildman–Crippen LogP) is 3.46. The van der Waals surface area contributed by atoms with Crippen LogP contribution in [0.4, 0.5) is 4.39 Å². The van der Waals surface area contributed by atoms with Crippen molar-refractivity contribution in [1.82, 2.24) is 24.8 Å². The number of pyridine rings is 1. The second-order valence-corrected chi connectivity index (χ2v) is 7.51. The number of nitrogens with one attached hydrogen (secondary N) is 1. The summed E-state index contributed by atoms with van der Waals surface area (Å²) in [6.45, 7) is 4.25. The van der Waals surface area contributed by atoms with E-state index in [1.807, 2.05) is 35.7 Å². The van der Waals surface area contributed by atoms with Gasteiger partial charge in [0.1, 0.15) is 17.7 Å². The van der Waals surface area contributed by atoms with Crippen molar-refractivity contribution in [3.05, 3.63) is 65.9 Å². The van der Waals surface area contributed by atoms with Crippen LogP contribution < -0.4 is 5.32 Å². The van der Waals surface area contributed by atoms with E-state index in [0.717, 1.165) is 48.9 Å². The van der Waals surface area contributed by atoms with Gasteiger partial charge in [-0.15, -0.1) is 34.2 Å². The highest BCUT2D eigenvalue weighted by Crippen LogP contribution is 2.25. The second-order valence-electron chi connectivity index (χ2n) is 7.51. The smallest absolute Gasteiger partial charge is 0.193 e. The van der Waals surface area contributed by atoms with Gasteiger partial charge in [-0.2, -0.15) is 0 Å². The van der Waals surface area contributed by atoms with Gasteiger partial charge >= 0.3 is 0 Å². The topological polar surface area (TPSA) is 67.0 Å². The summed E-state index contributed by atoms with van der Waals surface area (Å²) >= 11 is 0. The molecular weight excluding hydrogens is 510 g/mol. The Labute approximate surface area is 198 Å². The van der Waals surface area contributed by atoms with Crippen LogP contribution in [-0.2, 0) is 11.2 Å². The zero-order valence-corrected chi connectivity index (χ0v) is 20.1. The summed E-state index contributed by atoms with van der Waals surface area (Å²) < 4.78 is 21.4. The lowest BCUT2D eigenvalue weighted by atomic mass is 10.1. The summed E-state index contributed by atoms with van der Waals surface area (Å²) in [6, 6.07) is 12.4. The highest BCUT2D eigenvalue weighted by molar-refractivity contribution is 14.0. The SMILES string of the molecule is CN=C(NCCCc1nnc2ccccn12)N1CC(C)OC(c2ccc(F)cc2)C1.I. The first-order valence-corrected chi connectivity index (χ1v) is 10.3. The van der Waals surface area contributed by atoms with Crippen molar-refractivity contribution < 1.29 is 9.13 Å². The molecule has 166 valence electrons. The van der Waals surface area contributed by atoms with E-state index in [9.17, 15) is 4.39 Å². The number of benzene rings is 1. The summed E-state index contributed by atoms with van der Waals surface area (Å²) in [5, 5.41) is 11.9. The molecule has 0 amide bonds. The number of aliphatic imine (C=N–C) groups is 1. The van der Waals surface area contributed by atoms with Crippen LogP contribution >= 0.6 is 24.0 Å². The molecule has 1 N–H and O–H groups in total. The molecule has 0 aliphatic carbocycles. The lowest BCUT2D eigenvalue weighted by Crippen LogP contribution is -2.50. The van der Waals surface area contributed by atoms with E-state index in [0.29, 0.717) is 6.54 Å². The number of rotatable bonds is 5. The molecule has 2 aromatic heterocycles. The first-order chi connectivity index (χ1) is 14.6. The highest BCUT2D eigenvalue weighted by Gasteiger charge is 2.28. The van der Waals surface area contributed by atoms with E-state index in [4.69, 9.17) is 4.74 Å². The normalized spacial score (nSPS) is 19.3. The quantitative estimate of drug-likeness (QED) is 0.233. The Balaban J connectivity index is 0.00000272. The minimum absolute atomic E-state index is 0. The summed E-state index contributed by atoms with van der Waals surface area (Å²) in [7, 11) is 1.79. The lowest BCUT2D eigenvalue weighted by molar-refractivity contribution is -0.0605. The Kier molecular flexibility index (Phi) is 8.19. The van der Waals surface area contributed by atoms with Gasteiger partial charge in [-0.1, -0.05) is 18.2 Å². The van der Waals surface area contributed by atoms with Gasteiger partial charge in [-0.3, -0.25) is 9.39 Å². The Hall–Kier alpha value is -2.27. The molecule has 1 aromatic carbocycles. The molecule has 1 saturated heterocycles. The van der Waals surface area contributed by atoms with Gasteiger partial charge in [-0.05, 0) is 43.2 Å². The van der Waals surface area contributed by atoms with Gasteiger partial charge in [0.25, 0.3) is 0 Å². The lowest BCUT2D eigenvalue weighted by Gasteiger charge is -2.38. The first-order valence-electron chi connectivity index (χ1n) is 10.3. The van der Waals surface area contributed by atoms with Crippen LogP contribution in [0.2, 0.25) is 0 Å². The molecule has 9 heteroatoms. The van der Waals surface area contributed by atoms with E-state index in [1.165, 1.54) is 12.1 Å². The number of fused-ring (bicyclic) bond motifs is 1. The third-order valence-electron chi connectivity index (χ3n) is 5.26. The van der Waals surface area contributed by atoms with E-state index < -0.39 is 0 Å². The van der Waals surface area contributed by atoms with Crippen LogP contribution in [0.1, 0.15) is 30.8 Å². The van der Waals surface area contributed by atoms with E-state index >= 15 is 0 Å². The molecule has 31 heavy (non-hydrogen) atoms. The minimum atomic E-state index is -0.239. The largest absolute Gasteiger partial charge is 0.367 e. The van der Waals surface area contributed by atoms with Crippen molar-refractivity contribution >= 4 is 35.6 Å². The van der Waals surface area contributed by atoms with E-state index in [2.05, 4.69) is 25.4 Å². The van der Waals surface area contributed by atoms with Crippen molar-refractivity contribution in [2.75, 3.05) is 26.7 Å². The number of guanidine groups is 1. The van der Waals surface area contributed by atoms with Crippen molar-refractivity contribution in [3.63, 3.8) is 0 Å². The Morgan fingerprint density at radius 1 is 1.19 bits per heavy atom. The molecule has 4 rings (SSSR count). The van der Waals surface area contributed by atoms with Crippen molar-refractivity contribution in [2.24, 2.45) is 4.99 Å². The number of aromatic nitrogens is 3. The van der Waals surface area contributed by atoms with Crippen molar-refractivity contribution in [2.45, 2.75) is 32.0 Å². The maximum absolute atomic E-state index is 13.3. The maximum atomic E-state index is 13.3. The summed E-state index contributed by atoms with van der Waals surface area (Å²) in [5.41, 5.74) is 1.84. The van der Waals surface area contributed by atoms with Crippen LogP contribution in [0.3, 0.4) is 0 Å². The molecule has 3 aromatic rings. The van der Waals surface area contributed by atoms with Crippen LogP contribution in [0.5, 0.6) is 0 Å². The highest BCUT2D eigenvalue weighted by atomic mass is 127. The van der Waals surface area contributed by atoms with E-state index in [-0.39, 0.29) is 42.0 Å². The fraction of sp³-hybridized carbons (Fsp3) is 0.409. The molecule has 2 atom stereocenters. The molecule has 1 aliphatic rings. The van der Waals surface area contributed by atoms with Crippen molar-refractivity contribution in [3.8, 4) is 0 Å². The second kappa shape index (κ2) is 10.9. The number of hydrogen-bond acceptors (Lipinski definition) is 4. The van der Waals surface area contributed by atoms with Crippen LogP contribution in [-0.4, -0.2) is 58.2 Å². The number of ether oxygens (including phenoxy) is 1. The van der Waals surface area contributed by atoms with Crippen molar-refractivity contribution in [1.29, 1.82) is 0 Å². The maximum Gasteiger partial charge on any atom is 0.193 e. The Morgan fingerprint density at radius 2 is 2.00 bits per heavy atom. The van der Waals surface area contributed by atoms with Gasteiger partial charge in [-0.25, -0.2) is 4.39 Å². The van der Waals surface area contributed by atoms with Crippen LogP contribution in [0.15, 0.2) is 53.7 Å². The zero-order chi connectivity index (χ0) is 20.9. The fourth-order valence-corrected chi connectivity index (χ4v) is 3.83. The summed E-state index contributed by atoms with van der Waals surface area (Å²) in [6.07, 6.45) is 3.66. The molecule has 0 bridgehead atoms. The van der Waals surface area contributed by atoms with E-state index in [1.54, 1.807) is 19.2 Å². The molecule has 2 unspecified atom stereocenters. The van der Waals surface area contributed by atoms with Crippen LogP contribution in [0, 0.1) is 5.82 Å². The van der Waals surface area contributed by atoms with Gasteiger partial charge in [0, 0.05) is 32.8 Å². The molecule has 1 fully saturated rings. The predicted molar refractivity (Wildman–Crippen MR) is 129 cm³/mol. The van der Waals surface area contributed by atoms with Gasteiger partial charge in [0.05, 0.1) is 12.6 Å². The van der Waals surface area contributed by atoms with Crippen LogP contribution in [0.25, 0.3) is 5.65 Å². The first kappa shape index (κ1) is 23.4. The minimum Gasteiger partial charge on any atom is -0.367 e. The average Bonchev–Trinajstić information content (AvgIpc) is 3.17. The third kappa shape index (κ3) is 5.70. The summed E-state index contributed by atoms with van der Waals surface area (Å²) in [4.78, 5) is 6.66. The average molecular weight is 538 g/mol. The third-order valence-corrected chi connectivity index (χ3v) is 5.26.